The van der Waals surface area contributed by atoms with Gasteiger partial charge in [0, 0.05) is 7.05 Å². The zero-order chi connectivity index (χ0) is 9.72. The number of carbonyl (C=O) groups is 1. The van der Waals surface area contributed by atoms with E-state index < -0.39 is 17.8 Å². The van der Waals surface area contributed by atoms with Crippen molar-refractivity contribution >= 4 is 11.9 Å². The van der Waals surface area contributed by atoms with Gasteiger partial charge in [-0.3, -0.25) is 4.79 Å². The average Bonchev–Trinajstić information content (AvgIpc) is 2.03. The summed E-state index contributed by atoms with van der Waals surface area (Å²) in [6, 6.07) is 0. The van der Waals surface area contributed by atoms with Crippen molar-refractivity contribution in [1.29, 1.82) is 0 Å². The molecule has 70 valence electrons. The molecule has 0 bridgehead atoms. The summed E-state index contributed by atoms with van der Waals surface area (Å²) in [6.45, 7) is 3.34. The fraction of sp³-hybridized carbons (Fsp3) is 0.714. The van der Waals surface area contributed by atoms with Crippen molar-refractivity contribution in [2.75, 3.05) is 7.05 Å². The van der Waals surface area contributed by atoms with E-state index in [2.05, 4.69) is 10.5 Å². The third-order valence-electron chi connectivity index (χ3n) is 1.55. The molecular formula is C7H13FN2O2. The number of nitrogens with zero attached hydrogens (tertiary/aromatic N) is 1. The summed E-state index contributed by atoms with van der Waals surface area (Å²) in [4.78, 5) is 11.0. The lowest BCUT2D eigenvalue weighted by atomic mass is 9.95. The van der Waals surface area contributed by atoms with Gasteiger partial charge in [0.25, 0.3) is 0 Å². The Morgan fingerprint density at radius 3 is 2.33 bits per heavy atom. The van der Waals surface area contributed by atoms with Crippen LogP contribution in [-0.4, -0.2) is 24.1 Å². The maximum Gasteiger partial charge on any atom is 0.239 e. The van der Waals surface area contributed by atoms with Gasteiger partial charge in [-0.25, -0.2) is 0 Å². The Morgan fingerprint density at radius 1 is 1.58 bits per heavy atom. The lowest BCUT2D eigenvalue weighted by Crippen LogP contribution is -2.35. The highest BCUT2D eigenvalue weighted by atomic mass is 19.1. The maximum atomic E-state index is 12.7. The Balaban J connectivity index is 4.55. The minimum absolute atomic E-state index is 0.235. The number of amides is 1. The molecule has 0 aliphatic carbocycles. The van der Waals surface area contributed by atoms with Gasteiger partial charge < -0.3 is 10.5 Å². The normalized spacial score (nSPS) is 14.6. The Kier molecular flexibility index (Phi) is 4.25. The van der Waals surface area contributed by atoms with Gasteiger partial charge in [-0.2, -0.15) is 4.39 Å². The predicted octanol–water partition coefficient (Wildman–Crippen LogP) is 0.762. The summed E-state index contributed by atoms with van der Waals surface area (Å²) in [5, 5.41) is 12.8. The molecule has 1 atom stereocenters. The minimum Gasteiger partial charge on any atom is -0.409 e. The van der Waals surface area contributed by atoms with Crippen LogP contribution in [0.3, 0.4) is 0 Å². The summed E-state index contributed by atoms with van der Waals surface area (Å²) in [5.41, 5.74) is 0. The first-order valence-electron chi connectivity index (χ1n) is 3.63. The Bertz CT molecular complexity index is 192. The molecule has 0 spiro atoms. The summed E-state index contributed by atoms with van der Waals surface area (Å²) >= 11 is 0. The van der Waals surface area contributed by atoms with Crippen LogP contribution in [0.1, 0.15) is 13.8 Å². The topological polar surface area (TPSA) is 61.7 Å². The molecule has 0 aliphatic heterocycles. The van der Waals surface area contributed by atoms with Crippen molar-refractivity contribution in [1.82, 2.24) is 5.32 Å². The average molecular weight is 176 g/mol. The van der Waals surface area contributed by atoms with E-state index in [0.29, 0.717) is 0 Å². The molecule has 2 N–H and O–H groups in total. The maximum absolute atomic E-state index is 12.7. The van der Waals surface area contributed by atoms with E-state index in [1.54, 1.807) is 13.8 Å². The SMILES string of the molecule is CNC(=O)C(/C(F)=N/O)C(C)C. The molecule has 4 nitrogen and oxygen atoms in total. The van der Waals surface area contributed by atoms with Crippen molar-refractivity contribution in [2.24, 2.45) is 17.0 Å². The van der Waals surface area contributed by atoms with Crippen LogP contribution in [-0.2, 0) is 4.79 Å². The lowest BCUT2D eigenvalue weighted by Gasteiger charge is -2.14. The largest absolute Gasteiger partial charge is 0.409 e. The highest BCUT2D eigenvalue weighted by Crippen LogP contribution is 2.13. The van der Waals surface area contributed by atoms with Gasteiger partial charge in [-0.15, -0.1) is 0 Å². The number of carbonyl (C=O) groups excluding carboxylic acids is 1. The molecule has 12 heavy (non-hydrogen) atoms. The highest BCUT2D eigenvalue weighted by molar-refractivity contribution is 5.99. The standard InChI is InChI=1S/C7H13FN2O2/c1-4(2)5(6(8)10-12)7(11)9-3/h4-5,12H,1-3H3,(H,9,11)/b10-6-. The molecule has 0 radical (unpaired) electrons. The Morgan fingerprint density at radius 2 is 2.08 bits per heavy atom. The lowest BCUT2D eigenvalue weighted by molar-refractivity contribution is -0.123. The van der Waals surface area contributed by atoms with Crippen molar-refractivity contribution in [3.8, 4) is 0 Å². The fourth-order valence-corrected chi connectivity index (χ4v) is 0.904. The number of oxime groups is 1. The summed E-state index contributed by atoms with van der Waals surface area (Å²) in [6.07, 6.45) is 0. The second kappa shape index (κ2) is 4.69. The van der Waals surface area contributed by atoms with E-state index in [1.165, 1.54) is 7.05 Å². The third-order valence-corrected chi connectivity index (χ3v) is 1.55. The van der Waals surface area contributed by atoms with Crippen LogP contribution in [0, 0.1) is 11.8 Å². The zero-order valence-electron chi connectivity index (χ0n) is 7.34. The molecule has 0 aromatic heterocycles. The van der Waals surface area contributed by atoms with E-state index >= 15 is 0 Å². The molecule has 1 unspecified atom stereocenters. The number of hydrogen-bond acceptors (Lipinski definition) is 3. The number of nitrogens with one attached hydrogen (secondary N) is 1. The van der Waals surface area contributed by atoms with Crippen molar-refractivity contribution < 1.29 is 14.4 Å². The van der Waals surface area contributed by atoms with E-state index in [0.717, 1.165) is 0 Å². The quantitative estimate of drug-likeness (QED) is 0.379. The summed E-state index contributed by atoms with van der Waals surface area (Å²) < 4.78 is 12.7. The second-order valence-corrected chi connectivity index (χ2v) is 2.76. The van der Waals surface area contributed by atoms with E-state index in [-0.39, 0.29) is 5.92 Å². The van der Waals surface area contributed by atoms with Crippen LogP contribution in [0.15, 0.2) is 5.16 Å². The molecule has 1 amide bonds. The van der Waals surface area contributed by atoms with Gasteiger partial charge in [0.2, 0.25) is 11.9 Å². The number of rotatable bonds is 3. The molecule has 0 fully saturated rings. The highest BCUT2D eigenvalue weighted by Gasteiger charge is 2.27. The fourth-order valence-electron chi connectivity index (χ4n) is 0.904. The van der Waals surface area contributed by atoms with Gasteiger partial charge in [0.05, 0.1) is 0 Å². The van der Waals surface area contributed by atoms with E-state index in [1.807, 2.05) is 0 Å². The molecule has 0 aliphatic rings. The first-order chi connectivity index (χ1) is 5.54. The summed E-state index contributed by atoms with van der Waals surface area (Å²) in [5.74, 6) is -2.77. The smallest absolute Gasteiger partial charge is 0.239 e. The van der Waals surface area contributed by atoms with Crippen LogP contribution >= 0.6 is 0 Å². The van der Waals surface area contributed by atoms with Crippen LogP contribution in [0.4, 0.5) is 4.39 Å². The molecule has 0 heterocycles. The third kappa shape index (κ3) is 2.48. The van der Waals surface area contributed by atoms with Gasteiger partial charge in [-0.1, -0.05) is 19.0 Å². The molecular weight excluding hydrogens is 163 g/mol. The zero-order valence-corrected chi connectivity index (χ0v) is 7.34. The van der Waals surface area contributed by atoms with Crippen molar-refractivity contribution in [2.45, 2.75) is 13.8 Å². The van der Waals surface area contributed by atoms with Gasteiger partial charge >= 0.3 is 0 Å². The van der Waals surface area contributed by atoms with E-state index in [4.69, 9.17) is 5.21 Å². The molecule has 0 aromatic rings. The molecule has 0 saturated heterocycles. The van der Waals surface area contributed by atoms with Crippen LogP contribution < -0.4 is 5.32 Å². The second-order valence-electron chi connectivity index (χ2n) is 2.76. The van der Waals surface area contributed by atoms with Gasteiger partial charge in [0.15, 0.2) is 0 Å². The Labute approximate surface area is 70.4 Å². The van der Waals surface area contributed by atoms with Gasteiger partial charge in [-0.05, 0) is 5.92 Å². The number of halogens is 1. The summed E-state index contributed by atoms with van der Waals surface area (Å²) in [7, 11) is 1.41. The first-order valence-corrected chi connectivity index (χ1v) is 3.63. The minimum atomic E-state index is -1.05. The van der Waals surface area contributed by atoms with Crippen LogP contribution in [0.2, 0.25) is 0 Å². The van der Waals surface area contributed by atoms with Crippen molar-refractivity contribution in [3.63, 3.8) is 0 Å². The van der Waals surface area contributed by atoms with Crippen LogP contribution in [0.25, 0.3) is 0 Å². The predicted molar refractivity (Wildman–Crippen MR) is 42.7 cm³/mol. The molecule has 5 heteroatoms. The monoisotopic (exact) mass is 176 g/mol. The molecule has 0 rings (SSSR count). The van der Waals surface area contributed by atoms with Crippen LogP contribution in [0.5, 0.6) is 0 Å². The Hall–Kier alpha value is -1.13. The molecule has 0 saturated carbocycles. The first kappa shape index (κ1) is 10.9. The van der Waals surface area contributed by atoms with E-state index in [9.17, 15) is 9.18 Å². The van der Waals surface area contributed by atoms with Crippen molar-refractivity contribution in [3.05, 3.63) is 0 Å². The molecule has 0 aromatic carbocycles. The number of hydrogen-bond donors (Lipinski definition) is 2. The van der Waals surface area contributed by atoms with Gasteiger partial charge in [0.1, 0.15) is 5.92 Å².